The van der Waals surface area contributed by atoms with E-state index in [9.17, 15) is 4.79 Å². The molecule has 4 rings (SSSR count). The van der Waals surface area contributed by atoms with E-state index in [1.165, 1.54) is 33.4 Å². The van der Waals surface area contributed by atoms with E-state index >= 15 is 0 Å². The average molecular weight is 477 g/mol. The lowest BCUT2D eigenvalue weighted by molar-refractivity contribution is -0.136. The highest BCUT2D eigenvalue weighted by atomic mass is 32.2. The summed E-state index contributed by atoms with van der Waals surface area (Å²) in [6.45, 7) is 3.46. The monoisotopic (exact) mass is 476 g/mol. The lowest BCUT2D eigenvalue weighted by atomic mass is 9.81. The van der Waals surface area contributed by atoms with Gasteiger partial charge in [0.2, 0.25) is 0 Å². The molecular formula is C29H32O4S. The van der Waals surface area contributed by atoms with Crippen LogP contribution in [0.2, 0.25) is 0 Å². The van der Waals surface area contributed by atoms with Crippen LogP contribution in [0.25, 0.3) is 11.1 Å². The van der Waals surface area contributed by atoms with Crippen LogP contribution in [-0.4, -0.2) is 29.7 Å². The van der Waals surface area contributed by atoms with Crippen LogP contribution in [0.3, 0.4) is 0 Å². The summed E-state index contributed by atoms with van der Waals surface area (Å²) in [5.74, 6) is 2.12. The lowest BCUT2D eigenvalue weighted by Crippen LogP contribution is -2.10. The Kier molecular flexibility index (Phi) is 8.17. The van der Waals surface area contributed by atoms with Gasteiger partial charge >= 0.3 is 5.97 Å². The van der Waals surface area contributed by atoms with Gasteiger partial charge in [0, 0.05) is 6.42 Å². The van der Waals surface area contributed by atoms with Gasteiger partial charge < -0.3 is 14.6 Å². The average Bonchev–Trinajstić information content (AvgIpc) is 2.84. The number of carboxylic acid groups (broad SMARTS) is 1. The van der Waals surface area contributed by atoms with Crippen molar-refractivity contribution in [3.05, 3.63) is 82.4 Å². The van der Waals surface area contributed by atoms with Gasteiger partial charge in [0.25, 0.3) is 0 Å². The molecule has 3 aromatic rings. The van der Waals surface area contributed by atoms with Crippen LogP contribution in [0.4, 0.5) is 0 Å². The van der Waals surface area contributed by atoms with E-state index in [0.717, 1.165) is 48.7 Å². The molecule has 0 saturated carbocycles. The maximum absolute atomic E-state index is 10.8. The Morgan fingerprint density at radius 1 is 1.03 bits per heavy atom. The van der Waals surface area contributed by atoms with E-state index in [1.807, 2.05) is 36.0 Å². The number of thioether (sulfide) groups is 1. The third-order valence-corrected chi connectivity index (χ3v) is 6.98. The molecule has 0 unspecified atom stereocenters. The van der Waals surface area contributed by atoms with Gasteiger partial charge in [-0.3, -0.25) is 4.79 Å². The highest BCUT2D eigenvalue weighted by Crippen LogP contribution is 2.39. The molecule has 0 aliphatic heterocycles. The van der Waals surface area contributed by atoms with Crippen molar-refractivity contribution in [1.82, 2.24) is 0 Å². The van der Waals surface area contributed by atoms with Crippen molar-refractivity contribution in [3.8, 4) is 22.6 Å². The predicted octanol–water partition coefficient (Wildman–Crippen LogP) is 6.49. The van der Waals surface area contributed by atoms with Gasteiger partial charge in [-0.25, -0.2) is 0 Å². The molecule has 0 radical (unpaired) electrons. The SMILES string of the molecule is CSCCCOc1cc(C)c2c(c1)CCc1c(COc3ccc(CCC(=O)O)cc3)cccc1-2. The summed E-state index contributed by atoms with van der Waals surface area (Å²) in [7, 11) is 0. The minimum atomic E-state index is -0.777. The second-order valence-corrected chi connectivity index (χ2v) is 9.72. The number of rotatable bonds is 11. The topological polar surface area (TPSA) is 55.8 Å². The van der Waals surface area contributed by atoms with Crippen molar-refractivity contribution >= 4 is 17.7 Å². The zero-order chi connectivity index (χ0) is 23.9. The highest BCUT2D eigenvalue weighted by molar-refractivity contribution is 7.98. The van der Waals surface area contributed by atoms with Crippen LogP contribution in [0.15, 0.2) is 54.6 Å². The summed E-state index contributed by atoms with van der Waals surface area (Å²) in [5, 5.41) is 8.85. The number of ether oxygens (including phenoxy) is 2. The summed E-state index contributed by atoms with van der Waals surface area (Å²) < 4.78 is 12.1. The van der Waals surface area contributed by atoms with Crippen LogP contribution in [-0.2, 0) is 30.7 Å². The normalized spacial score (nSPS) is 12.1. The molecule has 0 fully saturated rings. The van der Waals surface area contributed by atoms with Crippen LogP contribution in [0.5, 0.6) is 11.5 Å². The molecule has 0 bridgehead atoms. The molecule has 1 aliphatic carbocycles. The molecule has 0 amide bonds. The molecule has 1 N–H and O–H groups in total. The third kappa shape index (κ3) is 5.95. The Morgan fingerprint density at radius 2 is 1.85 bits per heavy atom. The van der Waals surface area contributed by atoms with E-state index in [2.05, 4.69) is 43.5 Å². The number of aryl methyl sites for hydroxylation is 3. The van der Waals surface area contributed by atoms with Crippen molar-refractivity contribution in [2.45, 2.75) is 45.6 Å². The van der Waals surface area contributed by atoms with Crippen molar-refractivity contribution in [2.24, 2.45) is 0 Å². The molecule has 0 spiro atoms. The number of aliphatic carboxylic acids is 1. The largest absolute Gasteiger partial charge is 0.494 e. The Bertz CT molecular complexity index is 1140. The molecule has 0 atom stereocenters. The second kappa shape index (κ2) is 11.5. The van der Waals surface area contributed by atoms with Gasteiger partial charge in [0.05, 0.1) is 6.61 Å². The number of hydrogen-bond acceptors (Lipinski definition) is 4. The van der Waals surface area contributed by atoms with Gasteiger partial charge in [-0.2, -0.15) is 11.8 Å². The van der Waals surface area contributed by atoms with Crippen LogP contribution in [0.1, 0.15) is 40.7 Å². The van der Waals surface area contributed by atoms with Crippen LogP contribution >= 0.6 is 11.8 Å². The predicted molar refractivity (Wildman–Crippen MR) is 139 cm³/mol. The molecule has 0 aromatic heterocycles. The molecule has 0 heterocycles. The maximum Gasteiger partial charge on any atom is 0.303 e. The van der Waals surface area contributed by atoms with Crippen molar-refractivity contribution in [1.29, 1.82) is 0 Å². The van der Waals surface area contributed by atoms with Gasteiger partial charge in [-0.15, -0.1) is 0 Å². The summed E-state index contributed by atoms with van der Waals surface area (Å²) >= 11 is 1.85. The zero-order valence-corrected chi connectivity index (χ0v) is 20.7. The van der Waals surface area contributed by atoms with Crippen LogP contribution < -0.4 is 9.47 Å². The number of hydrogen-bond donors (Lipinski definition) is 1. The summed E-state index contributed by atoms with van der Waals surface area (Å²) in [6, 6.07) is 18.6. The first-order valence-corrected chi connectivity index (χ1v) is 13.2. The Morgan fingerprint density at radius 3 is 2.62 bits per heavy atom. The summed E-state index contributed by atoms with van der Waals surface area (Å²) in [5.41, 5.74) is 8.85. The fourth-order valence-electron chi connectivity index (χ4n) is 4.61. The van der Waals surface area contributed by atoms with E-state index in [1.54, 1.807) is 0 Å². The fraction of sp³-hybridized carbons (Fsp3) is 0.345. The van der Waals surface area contributed by atoms with E-state index in [-0.39, 0.29) is 6.42 Å². The first kappa shape index (κ1) is 24.2. The quantitative estimate of drug-likeness (QED) is 0.321. The Labute approximate surface area is 206 Å². The summed E-state index contributed by atoms with van der Waals surface area (Å²) in [4.78, 5) is 10.8. The standard InChI is InChI=1S/C29H32O4S/c1-20-17-25(32-15-4-16-34-2)18-22-10-13-26-23(5-3-6-27(26)29(20)22)19-33-24-11-7-21(8-12-24)9-14-28(30)31/h3,5-8,11-12,17-18H,4,9-10,13-16,19H2,1-2H3,(H,30,31). The van der Waals surface area contributed by atoms with E-state index < -0.39 is 5.97 Å². The minimum absolute atomic E-state index is 0.142. The van der Waals surface area contributed by atoms with Crippen molar-refractivity contribution in [3.63, 3.8) is 0 Å². The van der Waals surface area contributed by atoms with Gasteiger partial charge in [0.15, 0.2) is 0 Å². The maximum atomic E-state index is 10.8. The molecule has 4 nitrogen and oxygen atoms in total. The smallest absolute Gasteiger partial charge is 0.303 e. The zero-order valence-electron chi connectivity index (χ0n) is 19.9. The number of carboxylic acids is 1. The first-order chi connectivity index (χ1) is 16.5. The first-order valence-electron chi connectivity index (χ1n) is 11.8. The molecule has 3 aromatic carbocycles. The van der Waals surface area contributed by atoms with Gasteiger partial charge in [0.1, 0.15) is 18.1 Å². The highest BCUT2D eigenvalue weighted by Gasteiger charge is 2.21. The van der Waals surface area contributed by atoms with Crippen LogP contribution in [0, 0.1) is 6.92 Å². The Hall–Kier alpha value is -2.92. The number of fused-ring (bicyclic) bond motifs is 3. The molecular weight excluding hydrogens is 444 g/mol. The molecule has 0 saturated heterocycles. The number of benzene rings is 3. The van der Waals surface area contributed by atoms with E-state index in [0.29, 0.717) is 13.0 Å². The van der Waals surface area contributed by atoms with Crippen molar-refractivity contribution < 1.29 is 19.4 Å². The third-order valence-electron chi connectivity index (χ3n) is 6.28. The van der Waals surface area contributed by atoms with E-state index in [4.69, 9.17) is 14.6 Å². The fourth-order valence-corrected chi connectivity index (χ4v) is 5.01. The molecule has 178 valence electrons. The molecule has 34 heavy (non-hydrogen) atoms. The summed E-state index contributed by atoms with van der Waals surface area (Å²) in [6.07, 6.45) is 5.86. The minimum Gasteiger partial charge on any atom is -0.494 e. The van der Waals surface area contributed by atoms with Gasteiger partial charge in [-0.05, 0) is 108 Å². The second-order valence-electron chi connectivity index (χ2n) is 8.74. The number of carbonyl (C=O) groups is 1. The Balaban J connectivity index is 1.47. The lowest BCUT2D eigenvalue weighted by Gasteiger charge is -2.25. The molecule has 5 heteroatoms. The molecule has 1 aliphatic rings. The van der Waals surface area contributed by atoms with Crippen molar-refractivity contribution in [2.75, 3.05) is 18.6 Å². The van der Waals surface area contributed by atoms with Gasteiger partial charge in [-0.1, -0.05) is 30.3 Å².